The molecule has 0 amide bonds. The van der Waals surface area contributed by atoms with Gasteiger partial charge in [-0.25, -0.2) is 8.42 Å². The highest BCUT2D eigenvalue weighted by Gasteiger charge is 2.36. The molecule has 1 heterocycles. The van der Waals surface area contributed by atoms with Crippen LogP contribution in [0.5, 0.6) is 0 Å². The number of hydrogen-bond donors (Lipinski definition) is 1. The van der Waals surface area contributed by atoms with E-state index in [-0.39, 0.29) is 5.92 Å². The van der Waals surface area contributed by atoms with Crippen LogP contribution in [0.4, 0.5) is 0 Å². The number of hydrogen-bond acceptors (Lipinski definition) is 4. The van der Waals surface area contributed by atoms with E-state index in [1.165, 1.54) is 11.3 Å². The molecule has 5 heteroatoms. The second-order valence-electron chi connectivity index (χ2n) is 5.12. The first-order chi connectivity index (χ1) is 9.44. The third-order valence-electron chi connectivity index (χ3n) is 3.33. The monoisotopic (exact) mass is 309 g/mol. The summed E-state index contributed by atoms with van der Waals surface area (Å²) in [6.45, 7) is 3.80. The van der Waals surface area contributed by atoms with E-state index in [1.807, 2.05) is 44.2 Å². The van der Waals surface area contributed by atoms with Crippen molar-refractivity contribution in [1.29, 1.82) is 0 Å². The highest BCUT2D eigenvalue weighted by Crippen LogP contribution is 2.32. The summed E-state index contributed by atoms with van der Waals surface area (Å²) < 4.78 is 26.0. The Hall–Kier alpha value is -1.17. The van der Waals surface area contributed by atoms with Crippen LogP contribution in [-0.4, -0.2) is 13.7 Å². The van der Waals surface area contributed by atoms with E-state index in [4.69, 9.17) is 5.73 Å². The number of sulfone groups is 1. The van der Waals surface area contributed by atoms with E-state index in [2.05, 4.69) is 0 Å². The molecule has 0 saturated carbocycles. The predicted molar refractivity (Wildman–Crippen MR) is 83.5 cm³/mol. The fourth-order valence-electron chi connectivity index (χ4n) is 2.39. The molecule has 0 aliphatic carbocycles. The molecule has 3 nitrogen and oxygen atoms in total. The van der Waals surface area contributed by atoms with Crippen LogP contribution in [0.1, 0.15) is 25.5 Å². The van der Waals surface area contributed by atoms with Crippen molar-refractivity contribution >= 4 is 21.2 Å². The molecule has 108 valence electrons. The van der Waals surface area contributed by atoms with Gasteiger partial charge in [-0.1, -0.05) is 50.2 Å². The molecule has 20 heavy (non-hydrogen) atoms. The Balaban J connectivity index is 2.43. The highest BCUT2D eigenvalue weighted by molar-refractivity contribution is 7.94. The van der Waals surface area contributed by atoms with Gasteiger partial charge in [-0.2, -0.15) is 0 Å². The van der Waals surface area contributed by atoms with Gasteiger partial charge in [-0.3, -0.25) is 0 Å². The largest absolute Gasteiger partial charge is 0.323 e. The first kappa shape index (κ1) is 15.2. The van der Waals surface area contributed by atoms with Crippen LogP contribution in [0, 0.1) is 5.92 Å². The molecule has 2 N–H and O–H groups in total. The van der Waals surface area contributed by atoms with Gasteiger partial charge in [0.15, 0.2) is 9.84 Å². The van der Waals surface area contributed by atoms with Crippen molar-refractivity contribution in [3.05, 3.63) is 53.4 Å². The molecule has 0 aliphatic rings. The third-order valence-corrected chi connectivity index (χ3v) is 7.23. The minimum Gasteiger partial charge on any atom is -0.323 e. The summed E-state index contributed by atoms with van der Waals surface area (Å²) in [7, 11) is -3.41. The van der Waals surface area contributed by atoms with Crippen LogP contribution in [0.25, 0.3) is 0 Å². The number of thiophene rings is 1. The van der Waals surface area contributed by atoms with E-state index in [0.717, 1.165) is 5.56 Å². The molecule has 2 unspecified atom stereocenters. The molecule has 2 atom stereocenters. The maximum atomic E-state index is 12.8. The van der Waals surface area contributed by atoms with Crippen molar-refractivity contribution in [2.75, 3.05) is 0 Å². The Kier molecular flexibility index (Phi) is 4.62. The number of benzene rings is 1. The lowest BCUT2D eigenvalue weighted by Gasteiger charge is -2.27. The summed E-state index contributed by atoms with van der Waals surface area (Å²) in [5.41, 5.74) is 7.11. The van der Waals surface area contributed by atoms with E-state index < -0.39 is 21.1 Å². The molecule has 1 aromatic carbocycles. The summed E-state index contributed by atoms with van der Waals surface area (Å²) in [6, 6.07) is 12.3. The lowest BCUT2D eigenvalue weighted by Crippen LogP contribution is -2.37. The van der Waals surface area contributed by atoms with Crippen LogP contribution in [0.15, 0.2) is 52.1 Å². The zero-order chi connectivity index (χ0) is 14.8. The van der Waals surface area contributed by atoms with Crippen molar-refractivity contribution < 1.29 is 8.42 Å². The smallest absolute Gasteiger partial charge is 0.192 e. The lowest BCUT2D eigenvalue weighted by molar-refractivity contribution is 0.482. The Morgan fingerprint density at radius 3 is 2.20 bits per heavy atom. The second-order valence-corrected chi connectivity index (χ2v) is 8.40. The topological polar surface area (TPSA) is 60.2 Å². The molecular formula is C15H19NO2S2. The molecule has 2 rings (SSSR count). The van der Waals surface area contributed by atoms with Gasteiger partial charge in [0.25, 0.3) is 0 Å². The van der Waals surface area contributed by atoms with Gasteiger partial charge >= 0.3 is 0 Å². The maximum Gasteiger partial charge on any atom is 0.192 e. The zero-order valence-corrected chi connectivity index (χ0v) is 13.2. The molecule has 0 saturated heterocycles. The average Bonchev–Trinajstić information content (AvgIpc) is 2.93. The SMILES string of the molecule is CC(C)C(C(N)c1ccccc1)S(=O)(=O)c1cccs1. The zero-order valence-electron chi connectivity index (χ0n) is 11.6. The number of nitrogens with two attached hydrogens (primary N) is 1. The maximum absolute atomic E-state index is 12.8. The Labute approximate surface area is 124 Å². The molecule has 1 aromatic heterocycles. The van der Waals surface area contributed by atoms with E-state index in [0.29, 0.717) is 4.21 Å². The molecule has 2 aromatic rings. The standard InChI is InChI=1S/C15H19NO2S2/c1-11(2)15(14(16)12-7-4-3-5-8-12)20(17,18)13-9-6-10-19-13/h3-11,14-15H,16H2,1-2H3. The lowest BCUT2D eigenvalue weighted by atomic mass is 9.97. The summed E-state index contributed by atoms with van der Waals surface area (Å²) in [5, 5.41) is 1.15. The highest BCUT2D eigenvalue weighted by atomic mass is 32.2. The van der Waals surface area contributed by atoms with Gasteiger partial charge < -0.3 is 5.73 Å². The van der Waals surface area contributed by atoms with Crippen molar-refractivity contribution in [3.8, 4) is 0 Å². The van der Waals surface area contributed by atoms with Crippen LogP contribution >= 0.6 is 11.3 Å². The van der Waals surface area contributed by atoms with Crippen molar-refractivity contribution in [1.82, 2.24) is 0 Å². The summed E-state index contributed by atoms with van der Waals surface area (Å²) >= 11 is 1.24. The fourth-order valence-corrected chi connectivity index (χ4v) is 5.67. The normalized spacial score (nSPS) is 15.2. The molecule has 0 radical (unpaired) electrons. The Bertz CT molecular complexity index is 634. The van der Waals surface area contributed by atoms with Crippen LogP contribution < -0.4 is 5.73 Å². The van der Waals surface area contributed by atoms with Crippen molar-refractivity contribution in [2.24, 2.45) is 11.7 Å². The van der Waals surface area contributed by atoms with Gasteiger partial charge in [0.05, 0.1) is 5.25 Å². The molecule has 0 fully saturated rings. The third kappa shape index (κ3) is 2.95. The molecular weight excluding hydrogens is 290 g/mol. The van der Waals surface area contributed by atoms with Crippen LogP contribution in [-0.2, 0) is 9.84 Å². The molecule has 0 aliphatic heterocycles. The molecule has 0 spiro atoms. The van der Waals surface area contributed by atoms with E-state index >= 15 is 0 Å². The van der Waals surface area contributed by atoms with Crippen molar-refractivity contribution in [2.45, 2.75) is 29.3 Å². The van der Waals surface area contributed by atoms with Gasteiger partial charge in [-0.05, 0) is 22.9 Å². The molecule has 0 bridgehead atoms. The minimum absolute atomic E-state index is 0.0580. The van der Waals surface area contributed by atoms with Crippen LogP contribution in [0.3, 0.4) is 0 Å². The predicted octanol–water partition coefficient (Wildman–Crippen LogP) is 3.25. The van der Waals surface area contributed by atoms with Gasteiger partial charge in [0, 0.05) is 6.04 Å². The van der Waals surface area contributed by atoms with Crippen molar-refractivity contribution in [3.63, 3.8) is 0 Å². The Morgan fingerprint density at radius 2 is 1.70 bits per heavy atom. The van der Waals surface area contributed by atoms with E-state index in [1.54, 1.807) is 17.5 Å². The summed E-state index contributed by atoms with van der Waals surface area (Å²) in [6.07, 6.45) is 0. The van der Waals surface area contributed by atoms with Gasteiger partial charge in [-0.15, -0.1) is 11.3 Å². The first-order valence-corrected chi connectivity index (χ1v) is 8.95. The van der Waals surface area contributed by atoms with Gasteiger partial charge in [0.2, 0.25) is 0 Å². The number of rotatable bonds is 5. The minimum atomic E-state index is -3.41. The second kappa shape index (κ2) is 6.08. The van der Waals surface area contributed by atoms with Crippen LogP contribution in [0.2, 0.25) is 0 Å². The quantitative estimate of drug-likeness (QED) is 0.922. The average molecular weight is 309 g/mol. The summed E-state index contributed by atoms with van der Waals surface area (Å²) in [4.78, 5) is 0. The Morgan fingerprint density at radius 1 is 1.05 bits per heavy atom. The summed E-state index contributed by atoms with van der Waals surface area (Å²) in [5.74, 6) is -0.0580. The van der Waals surface area contributed by atoms with E-state index in [9.17, 15) is 8.42 Å². The fraction of sp³-hybridized carbons (Fsp3) is 0.333. The van der Waals surface area contributed by atoms with Gasteiger partial charge in [0.1, 0.15) is 4.21 Å². The first-order valence-electron chi connectivity index (χ1n) is 6.52.